The second kappa shape index (κ2) is 5.97. The predicted octanol–water partition coefficient (Wildman–Crippen LogP) is 4.11. The van der Waals surface area contributed by atoms with Gasteiger partial charge in [0.25, 0.3) is 0 Å². The highest BCUT2D eigenvalue weighted by Crippen LogP contribution is 2.34. The Hall–Kier alpha value is -1.15. The molecule has 0 fully saturated rings. The Kier molecular flexibility index (Phi) is 4.32. The largest absolute Gasteiger partial charge is 0.226 e. The van der Waals surface area contributed by atoms with E-state index in [0.717, 1.165) is 0 Å². The summed E-state index contributed by atoms with van der Waals surface area (Å²) in [5.41, 5.74) is 0. The Bertz CT molecular complexity index is 548. The zero-order valence-electron chi connectivity index (χ0n) is 9.17. The summed E-state index contributed by atoms with van der Waals surface area (Å²) in [4.78, 5) is 1.17. The summed E-state index contributed by atoms with van der Waals surface area (Å²) in [5.74, 6) is 0. The van der Waals surface area contributed by atoms with Gasteiger partial charge < -0.3 is 0 Å². The summed E-state index contributed by atoms with van der Waals surface area (Å²) in [6, 6.07) is 16.7. The van der Waals surface area contributed by atoms with Crippen molar-refractivity contribution >= 4 is 32.5 Å². The van der Waals surface area contributed by atoms with Crippen LogP contribution in [0.5, 0.6) is 0 Å². The van der Waals surface area contributed by atoms with Gasteiger partial charge in [0, 0.05) is 11.9 Å². The fourth-order valence-corrected chi connectivity index (χ4v) is 3.06. The van der Waals surface area contributed by atoms with Gasteiger partial charge in [0.15, 0.2) is 0 Å². The third-order valence-electron chi connectivity index (χ3n) is 2.21. The second-order valence-corrected chi connectivity index (χ2v) is 5.72. The lowest BCUT2D eigenvalue weighted by Crippen LogP contribution is -2.03. The summed E-state index contributed by atoms with van der Waals surface area (Å²) < 4.78 is 1.67. The first-order chi connectivity index (χ1) is 8.29. The van der Waals surface area contributed by atoms with E-state index in [0.29, 0.717) is 6.54 Å². The fraction of sp³-hybridized carbons (Fsp3) is 0.0769. The molecule has 2 aromatic carbocycles. The molecule has 17 heavy (non-hydrogen) atoms. The Morgan fingerprint density at radius 3 is 2.71 bits per heavy atom. The zero-order chi connectivity index (χ0) is 12.1. The zero-order valence-corrected chi connectivity index (χ0v) is 10.8. The van der Waals surface area contributed by atoms with Gasteiger partial charge >= 0.3 is 0 Å². The smallest absolute Gasteiger partial charge is 0.0970 e. The molecule has 2 nitrogen and oxygen atoms in total. The molecule has 0 saturated carbocycles. The van der Waals surface area contributed by atoms with Gasteiger partial charge in [-0.05, 0) is 44.7 Å². The molecule has 0 spiro atoms. The molecule has 0 aliphatic heterocycles. The van der Waals surface area contributed by atoms with Gasteiger partial charge in [-0.2, -0.15) is 5.26 Å². The van der Waals surface area contributed by atoms with Crippen molar-refractivity contribution in [2.45, 2.75) is 4.90 Å². The normalized spacial score (nSPS) is 10.6. The van der Waals surface area contributed by atoms with Crippen LogP contribution in [0.3, 0.4) is 0 Å². The minimum absolute atomic E-state index is 0.325. The number of hydrogen-bond acceptors (Lipinski definition) is 4. The van der Waals surface area contributed by atoms with Gasteiger partial charge in [-0.1, -0.05) is 30.3 Å². The molecule has 0 unspecified atom stereocenters. The average Bonchev–Trinajstić information content (AvgIpc) is 2.36. The summed E-state index contributed by atoms with van der Waals surface area (Å²) >= 11 is 0. The molecule has 0 saturated heterocycles. The summed E-state index contributed by atoms with van der Waals surface area (Å²) in [6.45, 7) is 0.325. The first-order valence-electron chi connectivity index (χ1n) is 5.08. The number of nitrogens with zero attached hydrogens (tertiary/aromatic N) is 2. The van der Waals surface area contributed by atoms with E-state index < -0.39 is 0 Å². The van der Waals surface area contributed by atoms with Gasteiger partial charge in [0.05, 0.1) is 12.6 Å². The monoisotopic (exact) mass is 259 g/mol. The van der Waals surface area contributed by atoms with E-state index in [1.165, 1.54) is 26.6 Å². The number of fused-ring (bicyclic) bond motifs is 1. The van der Waals surface area contributed by atoms with Crippen LogP contribution in [0.4, 0.5) is 0 Å². The molecule has 2 aromatic rings. The van der Waals surface area contributed by atoms with Gasteiger partial charge in [0.2, 0.25) is 0 Å². The Balaban J connectivity index is 2.07. The van der Waals surface area contributed by atoms with E-state index in [-0.39, 0.29) is 0 Å². The van der Waals surface area contributed by atoms with Crippen LogP contribution in [0.2, 0.25) is 0 Å². The maximum absolute atomic E-state index is 8.52. The maximum atomic E-state index is 8.52. The number of benzene rings is 2. The molecular formula is C13H11N2S2. The maximum Gasteiger partial charge on any atom is 0.0970 e. The fourth-order valence-electron chi connectivity index (χ4n) is 1.42. The first-order valence-corrected chi connectivity index (χ1v) is 7.19. The molecule has 85 valence electrons. The molecule has 0 aromatic heterocycles. The minimum atomic E-state index is 0.325. The van der Waals surface area contributed by atoms with Crippen molar-refractivity contribution in [1.82, 2.24) is 4.31 Å². The van der Waals surface area contributed by atoms with Crippen LogP contribution in [0.25, 0.3) is 10.8 Å². The Morgan fingerprint density at radius 2 is 1.94 bits per heavy atom. The molecule has 0 aliphatic rings. The predicted molar refractivity (Wildman–Crippen MR) is 75.1 cm³/mol. The molecule has 0 N–H and O–H groups in total. The van der Waals surface area contributed by atoms with Crippen LogP contribution in [-0.4, -0.2) is 10.8 Å². The van der Waals surface area contributed by atoms with Crippen LogP contribution < -0.4 is 0 Å². The van der Waals surface area contributed by atoms with E-state index in [4.69, 9.17) is 5.26 Å². The first kappa shape index (κ1) is 12.3. The Morgan fingerprint density at radius 1 is 1.18 bits per heavy atom. The molecule has 0 amide bonds. The van der Waals surface area contributed by atoms with Gasteiger partial charge in [-0.15, -0.1) is 0 Å². The number of nitriles is 1. The van der Waals surface area contributed by atoms with Crippen LogP contribution in [-0.2, 0) is 0 Å². The van der Waals surface area contributed by atoms with E-state index in [1.807, 2.05) is 12.1 Å². The average molecular weight is 259 g/mol. The topological polar surface area (TPSA) is 27.0 Å². The van der Waals surface area contributed by atoms with Crippen molar-refractivity contribution in [2.75, 3.05) is 6.54 Å². The highest BCUT2D eigenvalue weighted by molar-refractivity contribution is 8.75. The van der Waals surface area contributed by atoms with E-state index >= 15 is 0 Å². The van der Waals surface area contributed by atoms with Crippen LogP contribution in [0.15, 0.2) is 47.4 Å². The van der Waals surface area contributed by atoms with E-state index in [9.17, 15) is 0 Å². The molecule has 1 radical (unpaired) electrons. The number of hydrogen-bond donors (Lipinski definition) is 0. The van der Waals surface area contributed by atoms with Gasteiger partial charge in [-0.25, -0.2) is 4.31 Å². The summed E-state index contributed by atoms with van der Waals surface area (Å²) in [6.07, 6.45) is 0. The summed E-state index contributed by atoms with van der Waals surface area (Å²) in [5, 5.41) is 11.0. The molecule has 0 bridgehead atoms. The van der Waals surface area contributed by atoms with Gasteiger partial charge in [-0.3, -0.25) is 0 Å². The Labute approximate surface area is 109 Å². The highest BCUT2D eigenvalue weighted by atomic mass is 33.1. The van der Waals surface area contributed by atoms with Crippen molar-refractivity contribution in [3.8, 4) is 6.07 Å². The lowest BCUT2D eigenvalue weighted by atomic mass is 10.1. The number of rotatable bonds is 4. The van der Waals surface area contributed by atoms with Crippen LogP contribution in [0.1, 0.15) is 0 Å². The third kappa shape index (κ3) is 3.40. The lowest BCUT2D eigenvalue weighted by Gasteiger charge is -2.09. The minimum Gasteiger partial charge on any atom is -0.226 e. The highest BCUT2D eigenvalue weighted by Gasteiger charge is 2.01. The second-order valence-electron chi connectivity index (χ2n) is 3.46. The van der Waals surface area contributed by atoms with Crippen molar-refractivity contribution in [2.24, 2.45) is 0 Å². The molecule has 0 heterocycles. The van der Waals surface area contributed by atoms with E-state index in [1.54, 1.807) is 15.1 Å². The van der Waals surface area contributed by atoms with Crippen molar-refractivity contribution in [3.63, 3.8) is 0 Å². The SMILES string of the molecule is [CH2]N(CC#N)SSc1ccc2ccccc2c1. The van der Waals surface area contributed by atoms with Gasteiger partial charge in [0.1, 0.15) is 0 Å². The standard InChI is InChI=1S/C13H11N2S2/c1-15(9-8-14)17-16-13-7-6-11-4-2-3-5-12(11)10-13/h2-7,10H,1,9H2. The van der Waals surface area contributed by atoms with Crippen LogP contribution >= 0.6 is 21.8 Å². The molecule has 2 rings (SSSR count). The quantitative estimate of drug-likeness (QED) is 0.469. The van der Waals surface area contributed by atoms with Crippen molar-refractivity contribution < 1.29 is 0 Å². The van der Waals surface area contributed by atoms with Crippen LogP contribution in [0, 0.1) is 18.4 Å². The molecule has 4 heteroatoms. The summed E-state index contributed by atoms with van der Waals surface area (Å²) in [7, 11) is 6.85. The molecule has 0 atom stereocenters. The third-order valence-corrected chi connectivity index (χ3v) is 4.50. The van der Waals surface area contributed by atoms with Crippen molar-refractivity contribution in [1.29, 1.82) is 5.26 Å². The lowest BCUT2D eigenvalue weighted by molar-refractivity contribution is 0.707. The molecule has 0 aliphatic carbocycles. The van der Waals surface area contributed by atoms with Crippen molar-refractivity contribution in [3.05, 3.63) is 49.5 Å². The molecular weight excluding hydrogens is 248 g/mol. The van der Waals surface area contributed by atoms with E-state index in [2.05, 4.69) is 43.4 Å².